The third-order valence-electron chi connectivity index (χ3n) is 4.95. The van der Waals surface area contributed by atoms with Crippen LogP contribution in [0.4, 0.5) is 4.79 Å². The number of carbonyl (C=O) groups excluding carboxylic acids is 2. The molecule has 0 radical (unpaired) electrons. The first-order chi connectivity index (χ1) is 13.0. The van der Waals surface area contributed by atoms with E-state index in [4.69, 9.17) is 0 Å². The number of hydrogen-bond acceptors (Lipinski definition) is 4. The van der Waals surface area contributed by atoms with Crippen LogP contribution in [0, 0.1) is 13.8 Å². The molecule has 0 spiro atoms. The average molecular weight is 387 g/mol. The van der Waals surface area contributed by atoms with Crippen LogP contribution in [0.3, 0.4) is 0 Å². The largest absolute Gasteiger partial charge is 0.335 e. The van der Waals surface area contributed by atoms with E-state index in [1.54, 1.807) is 6.20 Å². The van der Waals surface area contributed by atoms with Gasteiger partial charge in [0.05, 0.1) is 5.69 Å². The van der Waals surface area contributed by atoms with Crippen molar-refractivity contribution in [3.63, 3.8) is 0 Å². The Morgan fingerprint density at radius 1 is 1.26 bits per heavy atom. The second-order valence-electron chi connectivity index (χ2n) is 6.90. The molecule has 3 amide bonds. The first-order valence-electron chi connectivity index (χ1n) is 9.37. The van der Waals surface area contributed by atoms with Crippen molar-refractivity contribution in [2.75, 3.05) is 5.75 Å². The number of aromatic nitrogens is 2. The first-order valence-corrected chi connectivity index (χ1v) is 10.4. The number of carbonyl (C=O) groups is 2. The SMILES string of the molecule is Cc1cccc(-n2ccnc2SCCC(=O)NC(=O)NC2CCCC2)c1C. The number of hydrogen-bond donors (Lipinski definition) is 2. The summed E-state index contributed by atoms with van der Waals surface area (Å²) in [7, 11) is 0. The monoisotopic (exact) mass is 386 g/mol. The number of benzene rings is 1. The van der Waals surface area contributed by atoms with Crippen LogP contribution in [0.2, 0.25) is 0 Å². The highest BCUT2D eigenvalue weighted by Gasteiger charge is 2.18. The highest BCUT2D eigenvalue weighted by Crippen LogP contribution is 2.24. The number of imide groups is 1. The number of urea groups is 1. The molecule has 0 saturated heterocycles. The van der Waals surface area contributed by atoms with Crippen molar-refractivity contribution >= 4 is 23.7 Å². The Labute approximate surface area is 164 Å². The number of imidazole rings is 1. The molecule has 1 aromatic heterocycles. The second kappa shape index (κ2) is 9.08. The molecule has 0 unspecified atom stereocenters. The highest BCUT2D eigenvalue weighted by atomic mass is 32.2. The van der Waals surface area contributed by atoms with Crippen LogP contribution in [0.15, 0.2) is 35.7 Å². The zero-order chi connectivity index (χ0) is 19.2. The normalized spacial score (nSPS) is 14.3. The molecule has 6 nitrogen and oxygen atoms in total. The molecule has 1 aliphatic carbocycles. The van der Waals surface area contributed by atoms with Crippen LogP contribution in [0.5, 0.6) is 0 Å². The maximum absolute atomic E-state index is 12.0. The third kappa shape index (κ3) is 5.13. The lowest BCUT2D eigenvalue weighted by Crippen LogP contribution is -2.43. The van der Waals surface area contributed by atoms with Crippen molar-refractivity contribution in [2.24, 2.45) is 0 Å². The topological polar surface area (TPSA) is 76.0 Å². The average Bonchev–Trinajstić information content (AvgIpc) is 3.29. The molecule has 3 rings (SSSR count). The van der Waals surface area contributed by atoms with E-state index < -0.39 is 0 Å². The number of aryl methyl sites for hydroxylation is 1. The zero-order valence-corrected chi connectivity index (χ0v) is 16.6. The minimum Gasteiger partial charge on any atom is -0.335 e. The summed E-state index contributed by atoms with van der Waals surface area (Å²) < 4.78 is 2.04. The summed E-state index contributed by atoms with van der Waals surface area (Å²) in [6, 6.07) is 6.01. The number of rotatable bonds is 6. The third-order valence-corrected chi connectivity index (χ3v) is 5.91. The lowest BCUT2D eigenvalue weighted by atomic mass is 10.1. The number of thioether (sulfide) groups is 1. The van der Waals surface area contributed by atoms with Gasteiger partial charge in [0, 0.05) is 30.6 Å². The highest BCUT2D eigenvalue weighted by molar-refractivity contribution is 7.99. The minimum atomic E-state index is -0.381. The number of nitrogens with zero attached hydrogens (tertiary/aromatic N) is 2. The predicted octanol–water partition coefficient (Wildman–Crippen LogP) is 3.74. The van der Waals surface area contributed by atoms with Gasteiger partial charge in [-0.3, -0.25) is 14.7 Å². The van der Waals surface area contributed by atoms with E-state index in [-0.39, 0.29) is 24.4 Å². The van der Waals surface area contributed by atoms with Gasteiger partial charge in [-0.2, -0.15) is 0 Å². The van der Waals surface area contributed by atoms with Gasteiger partial charge in [-0.05, 0) is 43.9 Å². The molecule has 1 aromatic carbocycles. The smallest absolute Gasteiger partial charge is 0.321 e. The molecule has 2 aromatic rings. The molecule has 1 heterocycles. The molecule has 27 heavy (non-hydrogen) atoms. The maximum atomic E-state index is 12.0. The van der Waals surface area contributed by atoms with Crippen LogP contribution < -0.4 is 10.6 Å². The summed E-state index contributed by atoms with van der Waals surface area (Å²) in [5, 5.41) is 6.12. The van der Waals surface area contributed by atoms with Crippen LogP contribution in [-0.2, 0) is 4.79 Å². The summed E-state index contributed by atoms with van der Waals surface area (Å²) in [6.07, 6.45) is 8.24. The van der Waals surface area contributed by atoms with Gasteiger partial charge in [0.1, 0.15) is 0 Å². The maximum Gasteiger partial charge on any atom is 0.321 e. The standard InChI is InChI=1S/C20H26N4O2S/c1-14-6-5-9-17(15(14)2)24-12-11-21-20(24)27-13-10-18(25)23-19(26)22-16-7-3-4-8-16/h5-6,9,11-12,16H,3-4,7-8,10,13H2,1-2H3,(H2,22,23,25,26). The molecule has 0 bridgehead atoms. The van der Waals surface area contributed by atoms with E-state index in [2.05, 4.69) is 41.6 Å². The second-order valence-corrected chi connectivity index (χ2v) is 7.96. The zero-order valence-electron chi connectivity index (χ0n) is 15.8. The summed E-state index contributed by atoms with van der Waals surface area (Å²) in [5.74, 6) is 0.299. The summed E-state index contributed by atoms with van der Waals surface area (Å²) >= 11 is 1.51. The predicted molar refractivity (Wildman–Crippen MR) is 107 cm³/mol. The molecule has 0 aliphatic heterocycles. The number of nitrogens with one attached hydrogen (secondary N) is 2. The van der Waals surface area contributed by atoms with Gasteiger partial charge >= 0.3 is 6.03 Å². The van der Waals surface area contributed by atoms with E-state index in [0.717, 1.165) is 36.5 Å². The van der Waals surface area contributed by atoms with Crippen molar-refractivity contribution in [1.29, 1.82) is 0 Å². The van der Waals surface area contributed by atoms with Crippen molar-refractivity contribution < 1.29 is 9.59 Å². The van der Waals surface area contributed by atoms with E-state index in [1.165, 1.54) is 22.9 Å². The molecular formula is C20H26N4O2S. The van der Waals surface area contributed by atoms with Crippen molar-refractivity contribution in [3.05, 3.63) is 41.7 Å². The summed E-state index contributed by atoms with van der Waals surface area (Å²) in [6.45, 7) is 4.18. The van der Waals surface area contributed by atoms with Gasteiger partial charge < -0.3 is 5.32 Å². The fraction of sp³-hybridized carbons (Fsp3) is 0.450. The van der Waals surface area contributed by atoms with E-state index in [1.807, 2.05) is 16.8 Å². The molecule has 1 saturated carbocycles. The molecule has 0 atom stereocenters. The molecule has 1 aliphatic rings. The molecule has 144 valence electrons. The Bertz CT molecular complexity index is 812. The van der Waals surface area contributed by atoms with E-state index in [0.29, 0.717) is 5.75 Å². The molecule has 7 heteroatoms. The number of amides is 3. The van der Waals surface area contributed by atoms with Gasteiger partial charge in [0.25, 0.3) is 0 Å². The van der Waals surface area contributed by atoms with Crippen molar-refractivity contribution in [2.45, 2.75) is 57.1 Å². The van der Waals surface area contributed by atoms with Gasteiger partial charge in [0.15, 0.2) is 5.16 Å². The quantitative estimate of drug-likeness (QED) is 0.742. The Morgan fingerprint density at radius 2 is 2.04 bits per heavy atom. The Morgan fingerprint density at radius 3 is 2.81 bits per heavy atom. The van der Waals surface area contributed by atoms with Crippen molar-refractivity contribution in [3.8, 4) is 5.69 Å². The molecule has 1 fully saturated rings. The van der Waals surface area contributed by atoms with Crippen LogP contribution in [-0.4, -0.2) is 33.3 Å². The Kier molecular flexibility index (Phi) is 6.55. The fourth-order valence-electron chi connectivity index (χ4n) is 3.29. The summed E-state index contributed by atoms with van der Waals surface area (Å²) in [5.41, 5.74) is 3.53. The van der Waals surface area contributed by atoms with Gasteiger partial charge in [-0.25, -0.2) is 9.78 Å². The molecular weight excluding hydrogens is 360 g/mol. The van der Waals surface area contributed by atoms with E-state index >= 15 is 0 Å². The summed E-state index contributed by atoms with van der Waals surface area (Å²) in [4.78, 5) is 28.2. The molecule has 2 N–H and O–H groups in total. The Hall–Kier alpha value is -2.28. The Balaban J connectivity index is 1.49. The lowest BCUT2D eigenvalue weighted by Gasteiger charge is -2.13. The van der Waals surface area contributed by atoms with Crippen molar-refractivity contribution in [1.82, 2.24) is 20.2 Å². The van der Waals surface area contributed by atoms with Crippen LogP contribution in [0.25, 0.3) is 5.69 Å². The van der Waals surface area contributed by atoms with Gasteiger partial charge in [0.2, 0.25) is 5.91 Å². The minimum absolute atomic E-state index is 0.206. The van der Waals surface area contributed by atoms with Gasteiger partial charge in [-0.15, -0.1) is 0 Å². The van der Waals surface area contributed by atoms with Crippen LogP contribution >= 0.6 is 11.8 Å². The van der Waals surface area contributed by atoms with Gasteiger partial charge in [-0.1, -0.05) is 36.7 Å². The lowest BCUT2D eigenvalue weighted by molar-refractivity contribution is -0.119. The van der Waals surface area contributed by atoms with Crippen LogP contribution in [0.1, 0.15) is 43.2 Å². The fourth-order valence-corrected chi connectivity index (χ4v) is 4.20. The first kappa shape index (κ1) is 19.5. The van der Waals surface area contributed by atoms with E-state index in [9.17, 15) is 9.59 Å².